The minimum atomic E-state index is -3.42. The second-order valence-electron chi connectivity index (χ2n) is 6.65. The predicted molar refractivity (Wildman–Crippen MR) is 88.8 cm³/mol. The van der Waals surface area contributed by atoms with E-state index in [1.165, 1.54) is 0 Å². The Balaban J connectivity index is 1.56. The Hall–Kier alpha value is -1.29. The van der Waals surface area contributed by atoms with Gasteiger partial charge in [-0.15, -0.1) is 0 Å². The number of fused-ring (bicyclic) bond motifs is 4. The highest BCUT2D eigenvalue weighted by Gasteiger charge is 2.43. The van der Waals surface area contributed by atoms with E-state index in [2.05, 4.69) is 14.9 Å². The van der Waals surface area contributed by atoms with E-state index >= 15 is 0 Å². The largest absolute Gasteiger partial charge is 0.379 e. The van der Waals surface area contributed by atoms with Crippen LogP contribution in [0.5, 0.6) is 0 Å². The Morgan fingerprint density at radius 1 is 1.08 bits per heavy atom. The summed E-state index contributed by atoms with van der Waals surface area (Å²) in [6, 6.07) is -0.00130. The minimum Gasteiger partial charge on any atom is -0.379 e. The Kier molecular flexibility index (Phi) is 4.42. The van der Waals surface area contributed by atoms with E-state index in [1.807, 2.05) is 0 Å². The smallest absolute Gasteiger partial charge is 0.282 e. The van der Waals surface area contributed by atoms with E-state index in [0.717, 1.165) is 25.2 Å². The van der Waals surface area contributed by atoms with E-state index in [-0.39, 0.29) is 6.04 Å². The monoisotopic (exact) mass is 353 g/mol. The molecule has 1 aromatic rings. The molecule has 0 saturated carbocycles. The normalized spacial score (nSPS) is 29.6. The number of morpholine rings is 1. The number of rotatable bonds is 3. The molecule has 0 unspecified atom stereocenters. The molecule has 4 fully saturated rings. The molecule has 0 amide bonds. The standard InChI is InChI=1S/C15H23N5O3S/c21-24(22,19-5-7-23-8-6-19)20-11-13-1-2-14(20)12-18(10-13)15-9-16-3-4-17-15/h3-4,9,13-14H,1-2,5-8,10-12H2/t13-,14+/m0/s1. The molecule has 2 atom stereocenters. The molecule has 0 aliphatic carbocycles. The van der Waals surface area contributed by atoms with Crippen LogP contribution in [-0.4, -0.2) is 79.0 Å². The molecule has 1 aromatic heterocycles. The van der Waals surface area contributed by atoms with Crippen molar-refractivity contribution >= 4 is 16.0 Å². The van der Waals surface area contributed by atoms with E-state index < -0.39 is 10.2 Å². The first-order valence-electron chi connectivity index (χ1n) is 8.50. The van der Waals surface area contributed by atoms with Crippen LogP contribution in [-0.2, 0) is 14.9 Å². The van der Waals surface area contributed by atoms with Gasteiger partial charge in [0.05, 0.1) is 19.4 Å². The summed E-state index contributed by atoms with van der Waals surface area (Å²) < 4.78 is 34.7. The van der Waals surface area contributed by atoms with Gasteiger partial charge in [0, 0.05) is 51.2 Å². The Bertz CT molecular complexity index is 665. The maximum Gasteiger partial charge on any atom is 0.282 e. The molecular formula is C15H23N5O3S. The van der Waals surface area contributed by atoms with Gasteiger partial charge in [0.15, 0.2) is 0 Å². The van der Waals surface area contributed by atoms with E-state index in [0.29, 0.717) is 45.3 Å². The summed E-state index contributed by atoms with van der Waals surface area (Å²) in [5, 5.41) is 0. The second-order valence-corrected chi connectivity index (χ2v) is 8.54. The summed E-state index contributed by atoms with van der Waals surface area (Å²) in [6.45, 7) is 3.97. The van der Waals surface area contributed by atoms with Crippen molar-refractivity contribution in [1.82, 2.24) is 18.6 Å². The van der Waals surface area contributed by atoms with Gasteiger partial charge in [-0.2, -0.15) is 17.0 Å². The fraction of sp³-hybridized carbons (Fsp3) is 0.733. The van der Waals surface area contributed by atoms with Crippen molar-refractivity contribution in [3.63, 3.8) is 0 Å². The summed E-state index contributed by atoms with van der Waals surface area (Å²) >= 11 is 0. The Labute approximate surface area is 142 Å². The fourth-order valence-corrected chi connectivity index (χ4v) is 5.74. The van der Waals surface area contributed by atoms with Gasteiger partial charge in [-0.25, -0.2) is 4.98 Å². The first-order valence-corrected chi connectivity index (χ1v) is 9.90. The van der Waals surface area contributed by atoms with Crippen molar-refractivity contribution in [3.8, 4) is 0 Å². The Morgan fingerprint density at radius 2 is 1.92 bits per heavy atom. The van der Waals surface area contributed by atoms with Crippen LogP contribution in [0.1, 0.15) is 12.8 Å². The van der Waals surface area contributed by atoms with Crippen LogP contribution in [0.25, 0.3) is 0 Å². The van der Waals surface area contributed by atoms with Crippen molar-refractivity contribution in [1.29, 1.82) is 0 Å². The van der Waals surface area contributed by atoms with Gasteiger partial charge in [-0.3, -0.25) is 4.98 Å². The van der Waals surface area contributed by atoms with Gasteiger partial charge in [0.1, 0.15) is 5.82 Å². The van der Waals surface area contributed by atoms with Crippen LogP contribution in [0.2, 0.25) is 0 Å². The first kappa shape index (κ1) is 16.2. The van der Waals surface area contributed by atoms with E-state index in [1.54, 1.807) is 27.2 Å². The molecule has 0 N–H and O–H groups in total. The van der Waals surface area contributed by atoms with Crippen LogP contribution in [0.3, 0.4) is 0 Å². The highest BCUT2D eigenvalue weighted by atomic mass is 32.2. The summed E-state index contributed by atoms with van der Waals surface area (Å²) in [5.41, 5.74) is 0. The molecule has 132 valence electrons. The number of hydrogen-bond acceptors (Lipinski definition) is 6. The average Bonchev–Trinajstić information content (AvgIpc) is 2.95. The maximum atomic E-state index is 13.1. The van der Waals surface area contributed by atoms with Gasteiger partial charge in [0.25, 0.3) is 10.2 Å². The summed E-state index contributed by atoms with van der Waals surface area (Å²) in [4.78, 5) is 10.7. The number of aromatic nitrogens is 2. The molecule has 24 heavy (non-hydrogen) atoms. The third-order valence-corrected chi connectivity index (χ3v) is 7.19. The second kappa shape index (κ2) is 6.55. The molecule has 8 nitrogen and oxygen atoms in total. The van der Waals surface area contributed by atoms with Gasteiger partial charge < -0.3 is 9.64 Å². The minimum absolute atomic E-state index is 0.00130. The van der Waals surface area contributed by atoms with E-state index in [4.69, 9.17) is 4.74 Å². The Morgan fingerprint density at radius 3 is 2.67 bits per heavy atom. The van der Waals surface area contributed by atoms with Gasteiger partial charge >= 0.3 is 0 Å². The van der Waals surface area contributed by atoms with Crippen LogP contribution >= 0.6 is 0 Å². The van der Waals surface area contributed by atoms with Crippen LogP contribution in [0.4, 0.5) is 5.82 Å². The predicted octanol–water partition coefficient (Wildman–Crippen LogP) is -0.0458. The fourth-order valence-electron chi connectivity index (χ4n) is 3.89. The van der Waals surface area contributed by atoms with Crippen LogP contribution in [0, 0.1) is 5.92 Å². The molecule has 4 aliphatic rings. The molecule has 0 aromatic carbocycles. The van der Waals surface area contributed by atoms with Crippen LogP contribution < -0.4 is 4.90 Å². The molecule has 5 heterocycles. The average molecular weight is 353 g/mol. The van der Waals surface area contributed by atoms with Crippen molar-refractivity contribution in [2.24, 2.45) is 5.92 Å². The molecular weight excluding hydrogens is 330 g/mol. The quantitative estimate of drug-likeness (QED) is 0.758. The lowest BCUT2D eigenvalue weighted by atomic mass is 9.97. The van der Waals surface area contributed by atoms with Crippen molar-refractivity contribution in [2.75, 3.05) is 50.8 Å². The molecule has 9 heteroatoms. The molecule has 2 bridgehead atoms. The third-order valence-electron chi connectivity index (χ3n) is 5.13. The summed E-state index contributed by atoms with van der Waals surface area (Å²) in [5.74, 6) is 1.17. The topological polar surface area (TPSA) is 78.9 Å². The zero-order chi connectivity index (χ0) is 16.6. The number of piperidine rings is 1. The lowest BCUT2D eigenvalue weighted by molar-refractivity contribution is 0.0679. The first-order chi connectivity index (χ1) is 11.6. The molecule has 4 saturated heterocycles. The molecule has 0 spiro atoms. The molecule has 5 rings (SSSR count). The number of hydrogen-bond donors (Lipinski definition) is 0. The van der Waals surface area contributed by atoms with Gasteiger partial charge in [-0.05, 0) is 18.8 Å². The summed E-state index contributed by atoms with van der Waals surface area (Å²) in [7, 11) is -3.42. The van der Waals surface area contributed by atoms with Crippen molar-refractivity contribution in [3.05, 3.63) is 18.6 Å². The SMILES string of the molecule is O=S(=O)(N1CCOCC1)N1C[C@H]2CC[C@@H]1CN(c1cnccn1)C2. The van der Waals surface area contributed by atoms with Crippen molar-refractivity contribution in [2.45, 2.75) is 18.9 Å². The zero-order valence-corrected chi connectivity index (χ0v) is 14.4. The van der Waals surface area contributed by atoms with Gasteiger partial charge in [0.2, 0.25) is 0 Å². The van der Waals surface area contributed by atoms with Crippen LogP contribution in [0.15, 0.2) is 18.6 Å². The highest BCUT2D eigenvalue weighted by molar-refractivity contribution is 7.86. The number of ether oxygens (including phenoxy) is 1. The molecule has 0 radical (unpaired) electrons. The number of nitrogens with zero attached hydrogens (tertiary/aromatic N) is 5. The third kappa shape index (κ3) is 3.01. The zero-order valence-electron chi connectivity index (χ0n) is 13.6. The summed E-state index contributed by atoms with van der Waals surface area (Å²) in [6.07, 6.45) is 7.07. The lowest BCUT2D eigenvalue weighted by Gasteiger charge is -2.39. The highest BCUT2D eigenvalue weighted by Crippen LogP contribution is 2.32. The van der Waals surface area contributed by atoms with Gasteiger partial charge in [-0.1, -0.05) is 0 Å². The van der Waals surface area contributed by atoms with E-state index in [9.17, 15) is 8.42 Å². The maximum absolute atomic E-state index is 13.1. The lowest BCUT2D eigenvalue weighted by Crippen LogP contribution is -2.55. The number of anilines is 1. The molecule has 4 aliphatic heterocycles. The van der Waals surface area contributed by atoms with Crippen molar-refractivity contribution < 1.29 is 13.2 Å².